The van der Waals surface area contributed by atoms with Crippen LogP contribution in [0.25, 0.3) is 0 Å². The van der Waals surface area contributed by atoms with E-state index in [1.807, 2.05) is 19.1 Å². The van der Waals surface area contributed by atoms with E-state index in [1.54, 1.807) is 12.1 Å². The highest BCUT2D eigenvalue weighted by Crippen LogP contribution is 2.14. The third kappa shape index (κ3) is 9.82. The maximum atomic E-state index is 11.8. The van der Waals surface area contributed by atoms with Crippen molar-refractivity contribution in [1.82, 2.24) is 5.32 Å². The molecule has 0 fully saturated rings. The van der Waals surface area contributed by atoms with E-state index in [0.717, 1.165) is 30.6 Å². The van der Waals surface area contributed by atoms with Crippen molar-refractivity contribution in [2.24, 2.45) is 0 Å². The van der Waals surface area contributed by atoms with E-state index >= 15 is 0 Å². The van der Waals surface area contributed by atoms with Crippen molar-refractivity contribution in [3.63, 3.8) is 0 Å². The second-order valence-electron chi connectivity index (χ2n) is 6.04. The number of unbranched alkanes of at least 4 members (excludes halogenated alkanes) is 4. The van der Waals surface area contributed by atoms with Gasteiger partial charge in [0.15, 0.2) is 5.11 Å². The number of hydrogen-bond acceptors (Lipinski definition) is 3. The first-order chi connectivity index (χ1) is 12.0. The van der Waals surface area contributed by atoms with Crippen molar-refractivity contribution in [2.75, 3.05) is 10.6 Å². The lowest BCUT2D eigenvalue weighted by Gasteiger charge is -2.10. The molecule has 0 saturated carbocycles. The minimum Gasteiger partial charge on any atom is -0.332 e. The highest BCUT2D eigenvalue weighted by molar-refractivity contribution is 7.80. The molecule has 0 aliphatic carbocycles. The molecule has 0 aliphatic rings. The van der Waals surface area contributed by atoms with Gasteiger partial charge in [-0.1, -0.05) is 39.5 Å². The topological polar surface area (TPSA) is 70.2 Å². The van der Waals surface area contributed by atoms with Gasteiger partial charge in [0.2, 0.25) is 11.8 Å². The SMILES string of the molecule is CCCCCCCC(=O)NC(=S)Nc1ccc(NC(=O)CCC)cc1. The molecule has 0 bridgehead atoms. The van der Waals surface area contributed by atoms with E-state index in [-0.39, 0.29) is 11.8 Å². The summed E-state index contributed by atoms with van der Waals surface area (Å²) in [6.45, 7) is 4.13. The molecule has 0 atom stereocenters. The molecule has 0 heterocycles. The Balaban J connectivity index is 2.31. The van der Waals surface area contributed by atoms with Crippen molar-refractivity contribution in [3.05, 3.63) is 24.3 Å². The summed E-state index contributed by atoms with van der Waals surface area (Å²) in [4.78, 5) is 23.4. The number of anilines is 2. The molecule has 25 heavy (non-hydrogen) atoms. The normalized spacial score (nSPS) is 10.2. The Morgan fingerprint density at radius 1 is 0.800 bits per heavy atom. The van der Waals surface area contributed by atoms with Gasteiger partial charge in [0.25, 0.3) is 0 Å². The summed E-state index contributed by atoms with van der Waals surface area (Å²) < 4.78 is 0. The van der Waals surface area contributed by atoms with Crippen molar-refractivity contribution >= 4 is 40.5 Å². The van der Waals surface area contributed by atoms with E-state index in [0.29, 0.717) is 18.0 Å². The zero-order valence-electron chi connectivity index (χ0n) is 15.2. The number of rotatable bonds is 10. The minimum absolute atomic E-state index is 0.00456. The Labute approximate surface area is 156 Å². The number of amides is 2. The second-order valence-corrected chi connectivity index (χ2v) is 6.45. The highest BCUT2D eigenvalue weighted by Gasteiger charge is 2.05. The lowest BCUT2D eigenvalue weighted by Crippen LogP contribution is -2.33. The summed E-state index contributed by atoms with van der Waals surface area (Å²) in [5.74, 6) is -0.0534. The van der Waals surface area contributed by atoms with Crippen LogP contribution in [0.1, 0.15) is 65.2 Å². The molecule has 0 radical (unpaired) electrons. The number of benzene rings is 1. The highest BCUT2D eigenvalue weighted by atomic mass is 32.1. The third-order valence-corrected chi connectivity index (χ3v) is 3.87. The van der Waals surface area contributed by atoms with E-state index in [4.69, 9.17) is 12.2 Å². The minimum atomic E-state index is -0.0579. The number of hydrogen-bond donors (Lipinski definition) is 3. The molecule has 3 N–H and O–H groups in total. The molecule has 0 unspecified atom stereocenters. The Kier molecular flexibility index (Phi) is 10.5. The molecule has 2 amide bonds. The zero-order chi connectivity index (χ0) is 18.5. The van der Waals surface area contributed by atoms with Gasteiger partial charge in [0.1, 0.15) is 0 Å². The zero-order valence-corrected chi connectivity index (χ0v) is 16.0. The first-order valence-electron chi connectivity index (χ1n) is 9.06. The summed E-state index contributed by atoms with van der Waals surface area (Å²) in [6, 6.07) is 7.22. The fourth-order valence-corrected chi connectivity index (χ4v) is 2.56. The van der Waals surface area contributed by atoms with Crippen molar-refractivity contribution < 1.29 is 9.59 Å². The lowest BCUT2D eigenvalue weighted by molar-refractivity contribution is -0.119. The number of carbonyl (C=O) groups excluding carboxylic acids is 2. The average Bonchev–Trinajstić information content (AvgIpc) is 2.56. The van der Waals surface area contributed by atoms with Gasteiger partial charge in [-0.3, -0.25) is 9.59 Å². The van der Waals surface area contributed by atoms with Gasteiger partial charge in [-0.15, -0.1) is 0 Å². The molecule has 5 nitrogen and oxygen atoms in total. The van der Waals surface area contributed by atoms with Gasteiger partial charge in [0, 0.05) is 24.2 Å². The van der Waals surface area contributed by atoms with Crippen LogP contribution in [0.4, 0.5) is 11.4 Å². The van der Waals surface area contributed by atoms with Gasteiger partial charge >= 0.3 is 0 Å². The van der Waals surface area contributed by atoms with Gasteiger partial charge in [-0.2, -0.15) is 0 Å². The first kappa shape index (κ1) is 21.1. The molecule has 138 valence electrons. The third-order valence-electron chi connectivity index (χ3n) is 3.66. The van der Waals surface area contributed by atoms with Gasteiger partial charge in [-0.25, -0.2) is 0 Å². The first-order valence-corrected chi connectivity index (χ1v) is 9.46. The Hall–Kier alpha value is -1.95. The van der Waals surface area contributed by atoms with Crippen LogP contribution >= 0.6 is 12.2 Å². The molecule has 0 aliphatic heterocycles. The Morgan fingerprint density at radius 3 is 2.00 bits per heavy atom. The van der Waals surface area contributed by atoms with Gasteiger partial charge in [-0.05, 0) is 49.3 Å². The summed E-state index contributed by atoms with van der Waals surface area (Å²) in [6.07, 6.45) is 7.37. The maximum absolute atomic E-state index is 11.8. The maximum Gasteiger partial charge on any atom is 0.226 e. The fraction of sp³-hybridized carbons (Fsp3) is 0.526. The lowest BCUT2D eigenvalue weighted by atomic mass is 10.1. The van der Waals surface area contributed by atoms with Crippen molar-refractivity contribution in [1.29, 1.82) is 0 Å². The molecule has 1 aromatic rings. The number of nitrogens with one attached hydrogen (secondary N) is 3. The monoisotopic (exact) mass is 363 g/mol. The number of carbonyl (C=O) groups is 2. The predicted molar refractivity (Wildman–Crippen MR) is 108 cm³/mol. The average molecular weight is 364 g/mol. The smallest absolute Gasteiger partial charge is 0.226 e. The molecule has 0 spiro atoms. The van der Waals surface area contributed by atoms with Crippen LogP contribution in [0.5, 0.6) is 0 Å². The fourth-order valence-electron chi connectivity index (χ4n) is 2.33. The van der Waals surface area contributed by atoms with Gasteiger partial charge in [0.05, 0.1) is 0 Å². The summed E-state index contributed by atoms with van der Waals surface area (Å²) in [7, 11) is 0. The Morgan fingerprint density at radius 2 is 1.40 bits per heavy atom. The van der Waals surface area contributed by atoms with Crippen molar-refractivity contribution in [2.45, 2.75) is 65.2 Å². The van der Waals surface area contributed by atoms with Crippen LogP contribution < -0.4 is 16.0 Å². The summed E-state index contributed by atoms with van der Waals surface area (Å²) in [5.41, 5.74) is 1.51. The van der Waals surface area contributed by atoms with Crippen LogP contribution in [-0.4, -0.2) is 16.9 Å². The largest absolute Gasteiger partial charge is 0.332 e. The van der Waals surface area contributed by atoms with Crippen LogP contribution in [-0.2, 0) is 9.59 Å². The van der Waals surface area contributed by atoms with E-state index in [9.17, 15) is 9.59 Å². The van der Waals surface area contributed by atoms with Crippen LogP contribution in [0, 0.1) is 0 Å². The molecular weight excluding hydrogens is 334 g/mol. The molecule has 1 aromatic carbocycles. The summed E-state index contributed by atoms with van der Waals surface area (Å²) in [5, 5.41) is 8.79. The molecule has 0 saturated heterocycles. The number of thiocarbonyl (C=S) groups is 1. The standard InChI is InChI=1S/C19H29N3O2S/c1-3-5-6-7-8-10-18(24)22-19(25)21-16-13-11-15(12-14-16)20-17(23)9-4-2/h11-14H,3-10H2,1-2H3,(H,20,23)(H2,21,22,24,25). The molecule has 6 heteroatoms. The predicted octanol–water partition coefficient (Wildman–Crippen LogP) is 4.60. The Bertz CT molecular complexity index is 558. The van der Waals surface area contributed by atoms with Gasteiger partial charge < -0.3 is 16.0 Å². The van der Waals surface area contributed by atoms with E-state index in [2.05, 4.69) is 22.9 Å². The molecule has 1 rings (SSSR count). The molecular formula is C19H29N3O2S. The summed E-state index contributed by atoms with van der Waals surface area (Å²) >= 11 is 5.16. The van der Waals surface area contributed by atoms with E-state index < -0.39 is 0 Å². The van der Waals surface area contributed by atoms with Crippen molar-refractivity contribution in [3.8, 4) is 0 Å². The second kappa shape index (κ2) is 12.4. The van der Waals surface area contributed by atoms with Crippen LogP contribution in [0.15, 0.2) is 24.3 Å². The van der Waals surface area contributed by atoms with Crippen LogP contribution in [0.3, 0.4) is 0 Å². The quantitative estimate of drug-likeness (QED) is 0.420. The van der Waals surface area contributed by atoms with Crippen LogP contribution in [0.2, 0.25) is 0 Å². The van der Waals surface area contributed by atoms with E-state index in [1.165, 1.54) is 19.3 Å². The molecule has 0 aromatic heterocycles.